The highest BCUT2D eigenvalue weighted by Crippen LogP contribution is 2.55. The van der Waals surface area contributed by atoms with Crippen LogP contribution >= 0.6 is 23.5 Å². The summed E-state index contributed by atoms with van der Waals surface area (Å²) in [6.07, 6.45) is 0. The first-order valence-electron chi connectivity index (χ1n) is 21.7. The van der Waals surface area contributed by atoms with Gasteiger partial charge in [0.25, 0.3) is 0 Å². The van der Waals surface area contributed by atoms with E-state index >= 15 is 0 Å². The molecule has 0 saturated carbocycles. The molecule has 0 atom stereocenters. The van der Waals surface area contributed by atoms with E-state index in [0.29, 0.717) is 0 Å². The van der Waals surface area contributed by atoms with Crippen molar-refractivity contribution < 1.29 is 0 Å². The van der Waals surface area contributed by atoms with E-state index in [1.165, 1.54) is 108 Å². The first kappa shape index (κ1) is 37.1. The summed E-state index contributed by atoms with van der Waals surface area (Å²) in [5, 5.41) is 7.32. The van der Waals surface area contributed by atoms with E-state index < -0.39 is 0 Å². The van der Waals surface area contributed by atoms with Crippen molar-refractivity contribution in [3.05, 3.63) is 231 Å². The summed E-state index contributed by atoms with van der Waals surface area (Å²) < 4.78 is 0. The number of rotatable bonds is 5. The van der Waals surface area contributed by atoms with Crippen molar-refractivity contribution in [2.75, 3.05) is 9.80 Å². The molecule has 0 fully saturated rings. The van der Waals surface area contributed by atoms with Gasteiger partial charge in [0, 0.05) is 31.0 Å². The van der Waals surface area contributed by atoms with Gasteiger partial charge < -0.3 is 9.80 Å². The molecule has 0 aromatic heterocycles. The van der Waals surface area contributed by atoms with Crippen molar-refractivity contribution in [1.82, 2.24) is 0 Å². The molecule has 0 radical (unpaired) electrons. The van der Waals surface area contributed by atoms with Crippen LogP contribution in [-0.2, 0) is 0 Å². The third-order valence-corrected chi connectivity index (χ3v) is 15.0. The van der Waals surface area contributed by atoms with Gasteiger partial charge in [0.1, 0.15) is 0 Å². The lowest BCUT2D eigenvalue weighted by Gasteiger charge is -2.34. The number of hydrogen-bond acceptors (Lipinski definition) is 4. The Hall–Kier alpha value is -7.50. The van der Waals surface area contributed by atoms with Crippen molar-refractivity contribution in [1.29, 1.82) is 0 Å². The molecule has 0 aliphatic carbocycles. The predicted octanol–water partition coefficient (Wildman–Crippen LogP) is 18.0. The van der Waals surface area contributed by atoms with E-state index in [2.05, 4.69) is 240 Å². The average Bonchev–Trinajstić information content (AvgIpc) is 3.36. The second kappa shape index (κ2) is 15.1. The Morgan fingerprint density at radius 2 is 0.641 bits per heavy atom. The summed E-state index contributed by atoms with van der Waals surface area (Å²) in [5.41, 5.74) is 14.3. The zero-order chi connectivity index (χ0) is 42.1. The molecular weight excluding hydrogens is 813 g/mol. The molecule has 13 rings (SSSR count). The number of hydrogen-bond donors (Lipinski definition) is 0. The molecule has 300 valence electrons. The minimum absolute atomic E-state index is 1.13. The van der Waals surface area contributed by atoms with Crippen LogP contribution in [0.1, 0.15) is 0 Å². The average molecular weight is 851 g/mol. The molecule has 2 heterocycles. The van der Waals surface area contributed by atoms with Gasteiger partial charge in [-0.15, -0.1) is 0 Å². The van der Waals surface area contributed by atoms with E-state index in [0.717, 1.165) is 11.4 Å². The highest BCUT2D eigenvalue weighted by atomic mass is 32.2. The van der Waals surface area contributed by atoms with Gasteiger partial charge in [-0.2, -0.15) is 0 Å². The summed E-state index contributed by atoms with van der Waals surface area (Å²) in [6.45, 7) is 0. The van der Waals surface area contributed by atoms with Gasteiger partial charge in [0.15, 0.2) is 0 Å². The molecule has 0 saturated heterocycles. The Labute approximate surface area is 381 Å². The fourth-order valence-electron chi connectivity index (χ4n) is 9.87. The zero-order valence-corrected chi connectivity index (χ0v) is 36.3. The topological polar surface area (TPSA) is 6.48 Å². The number of benzene rings is 11. The van der Waals surface area contributed by atoms with Gasteiger partial charge in [-0.25, -0.2) is 0 Å². The maximum atomic E-state index is 2.45. The van der Waals surface area contributed by atoms with Crippen LogP contribution in [0.15, 0.2) is 250 Å². The SMILES string of the molecule is c1ccc(-c2ccc(-c3c4ccc(N5c6ccccc6Sc6ccccc65)cc4c(-c4ccc5ccccc5c4)c4ccc(N5c6ccccc6Sc6ccccc65)cc34)cc2)cc1. The maximum absolute atomic E-state index is 2.45. The standard InChI is InChI=1S/C60H38N2S2/c1-2-14-39(15-3-1)41-26-29-42(30-27-41)59-47-34-32-46(62-53-20-8-12-24-57(53)64-58-25-13-9-21-54(58)62)38-50(47)60(44-31-28-40-16-4-5-17-43(40)36-44)48-35-33-45(37-49(48)59)61-51-18-6-10-22-55(51)63-56-23-11-7-19-52(56)61/h1-38H. The van der Waals surface area contributed by atoms with E-state index in [4.69, 9.17) is 0 Å². The van der Waals surface area contributed by atoms with Gasteiger partial charge in [-0.05, 0) is 145 Å². The summed E-state index contributed by atoms with van der Waals surface area (Å²) in [4.78, 5) is 9.91. The van der Waals surface area contributed by atoms with Crippen LogP contribution in [0.5, 0.6) is 0 Å². The fourth-order valence-corrected chi connectivity index (χ4v) is 12.0. The Kier molecular flexibility index (Phi) is 8.75. The molecular formula is C60H38N2S2. The first-order valence-corrected chi connectivity index (χ1v) is 23.4. The lowest BCUT2D eigenvalue weighted by Crippen LogP contribution is -2.15. The largest absolute Gasteiger partial charge is 0.308 e. The van der Waals surface area contributed by atoms with Crippen molar-refractivity contribution in [3.63, 3.8) is 0 Å². The van der Waals surface area contributed by atoms with E-state index in [-0.39, 0.29) is 0 Å². The molecule has 2 aliphatic rings. The fraction of sp³-hybridized carbons (Fsp3) is 0. The van der Waals surface area contributed by atoms with Crippen LogP contribution in [0.25, 0.3) is 65.7 Å². The Morgan fingerprint density at radius 3 is 1.16 bits per heavy atom. The van der Waals surface area contributed by atoms with E-state index in [1.54, 1.807) is 0 Å². The van der Waals surface area contributed by atoms with Crippen LogP contribution in [0.4, 0.5) is 34.1 Å². The number of para-hydroxylation sites is 4. The molecule has 64 heavy (non-hydrogen) atoms. The van der Waals surface area contributed by atoms with Crippen molar-refractivity contribution in [3.8, 4) is 33.4 Å². The molecule has 4 heteroatoms. The minimum atomic E-state index is 1.13. The first-order chi connectivity index (χ1) is 31.7. The molecule has 11 aromatic rings. The molecule has 0 N–H and O–H groups in total. The third kappa shape index (κ3) is 6.06. The smallest absolute Gasteiger partial charge is 0.0601 e. The van der Waals surface area contributed by atoms with Gasteiger partial charge in [-0.1, -0.05) is 175 Å². The quantitative estimate of drug-likeness (QED) is 0.159. The summed E-state index contributed by atoms with van der Waals surface area (Å²) >= 11 is 3.69. The van der Waals surface area contributed by atoms with Crippen LogP contribution in [0.2, 0.25) is 0 Å². The summed E-state index contributed by atoms with van der Waals surface area (Å²) in [7, 11) is 0. The van der Waals surface area contributed by atoms with Gasteiger partial charge in [0.05, 0.1) is 22.7 Å². The predicted molar refractivity (Wildman–Crippen MR) is 273 cm³/mol. The zero-order valence-electron chi connectivity index (χ0n) is 34.7. The van der Waals surface area contributed by atoms with Crippen molar-refractivity contribution >= 4 is 90.0 Å². The molecule has 0 spiro atoms. The van der Waals surface area contributed by atoms with Crippen LogP contribution in [0, 0.1) is 0 Å². The van der Waals surface area contributed by atoms with Gasteiger partial charge in [-0.3, -0.25) is 0 Å². The highest BCUT2D eigenvalue weighted by Gasteiger charge is 2.28. The lowest BCUT2D eigenvalue weighted by molar-refractivity contribution is 1.17. The second-order valence-electron chi connectivity index (χ2n) is 16.5. The highest BCUT2D eigenvalue weighted by molar-refractivity contribution is 8.00. The van der Waals surface area contributed by atoms with E-state index in [9.17, 15) is 0 Å². The number of fused-ring (bicyclic) bond motifs is 7. The summed E-state index contributed by atoms with van der Waals surface area (Å²) in [5.74, 6) is 0. The lowest BCUT2D eigenvalue weighted by atomic mass is 9.84. The van der Waals surface area contributed by atoms with Crippen LogP contribution in [0.3, 0.4) is 0 Å². The Bertz CT molecular complexity index is 3540. The summed E-state index contributed by atoms with van der Waals surface area (Å²) in [6, 6.07) is 85.1. The Balaban J connectivity index is 1.13. The molecule has 0 bridgehead atoms. The Morgan fingerprint density at radius 1 is 0.250 bits per heavy atom. The number of nitrogens with zero attached hydrogens (tertiary/aromatic N) is 2. The van der Waals surface area contributed by atoms with Crippen molar-refractivity contribution in [2.45, 2.75) is 19.6 Å². The molecule has 0 unspecified atom stereocenters. The van der Waals surface area contributed by atoms with Gasteiger partial charge in [0.2, 0.25) is 0 Å². The number of anilines is 6. The van der Waals surface area contributed by atoms with Crippen molar-refractivity contribution in [2.24, 2.45) is 0 Å². The second-order valence-corrected chi connectivity index (χ2v) is 18.6. The minimum Gasteiger partial charge on any atom is -0.308 e. The normalized spacial score (nSPS) is 12.8. The van der Waals surface area contributed by atoms with E-state index in [1.807, 2.05) is 23.5 Å². The molecule has 0 amide bonds. The molecule has 2 aliphatic heterocycles. The molecule has 2 nitrogen and oxygen atoms in total. The van der Waals surface area contributed by atoms with Crippen LogP contribution in [-0.4, -0.2) is 0 Å². The maximum Gasteiger partial charge on any atom is 0.0601 e. The van der Waals surface area contributed by atoms with Gasteiger partial charge >= 0.3 is 0 Å². The van der Waals surface area contributed by atoms with Crippen LogP contribution < -0.4 is 9.80 Å². The molecule has 11 aromatic carbocycles. The third-order valence-electron chi connectivity index (χ3n) is 12.8. The monoisotopic (exact) mass is 850 g/mol.